The van der Waals surface area contributed by atoms with Crippen LogP contribution in [0, 0.1) is 6.92 Å². The maximum Gasteiger partial charge on any atom is 0.180 e. The molecule has 4 aromatic carbocycles. The van der Waals surface area contributed by atoms with Crippen molar-refractivity contribution in [2.45, 2.75) is 20.1 Å². The molecule has 5 heteroatoms. The van der Waals surface area contributed by atoms with Gasteiger partial charge in [-0.1, -0.05) is 71.7 Å². The molecule has 0 aliphatic rings. The molecule has 0 aromatic heterocycles. The third-order valence-electron chi connectivity index (χ3n) is 5.21. The molecular weight excluding hydrogens is 429 g/mol. The number of hydrogen-bond donors (Lipinski definition) is 1. The van der Waals surface area contributed by atoms with E-state index in [-0.39, 0.29) is 0 Å². The second kappa shape index (κ2) is 9.51. The summed E-state index contributed by atoms with van der Waals surface area (Å²) in [4.78, 5) is 0. The predicted octanol–water partition coefficient (Wildman–Crippen LogP) is 7.65. The number of hydrogen-bond acceptors (Lipinski definition) is 3. The highest BCUT2D eigenvalue weighted by Gasteiger charge is 2.13. The average molecular weight is 452 g/mol. The van der Waals surface area contributed by atoms with Crippen molar-refractivity contribution in [3.05, 3.63) is 99.5 Å². The summed E-state index contributed by atoms with van der Waals surface area (Å²) in [6, 6.07) is 24.2. The van der Waals surface area contributed by atoms with Gasteiger partial charge in [0.15, 0.2) is 11.5 Å². The van der Waals surface area contributed by atoms with Crippen LogP contribution in [0.25, 0.3) is 10.8 Å². The summed E-state index contributed by atoms with van der Waals surface area (Å²) in [6.45, 7) is 2.96. The van der Waals surface area contributed by atoms with Gasteiger partial charge in [-0.3, -0.25) is 0 Å². The molecule has 31 heavy (non-hydrogen) atoms. The van der Waals surface area contributed by atoms with Gasteiger partial charge in [-0.2, -0.15) is 0 Å². The Morgan fingerprint density at radius 2 is 1.68 bits per heavy atom. The molecule has 0 heterocycles. The van der Waals surface area contributed by atoms with Crippen LogP contribution in [0.4, 0.5) is 5.69 Å². The van der Waals surface area contributed by atoms with E-state index in [2.05, 4.69) is 29.6 Å². The molecule has 158 valence electrons. The summed E-state index contributed by atoms with van der Waals surface area (Å²) in [5.74, 6) is 1.14. The van der Waals surface area contributed by atoms with Crippen molar-refractivity contribution in [3.63, 3.8) is 0 Å². The van der Waals surface area contributed by atoms with E-state index in [1.54, 1.807) is 7.11 Å². The molecule has 3 nitrogen and oxygen atoms in total. The van der Waals surface area contributed by atoms with Gasteiger partial charge in [0.1, 0.15) is 6.61 Å². The van der Waals surface area contributed by atoms with Gasteiger partial charge < -0.3 is 14.8 Å². The molecule has 0 unspecified atom stereocenters. The molecule has 0 saturated carbocycles. The van der Waals surface area contributed by atoms with Crippen molar-refractivity contribution >= 4 is 39.7 Å². The van der Waals surface area contributed by atoms with Gasteiger partial charge in [0, 0.05) is 17.3 Å². The number of aryl methyl sites for hydroxylation is 1. The Bertz CT molecular complexity index is 1220. The van der Waals surface area contributed by atoms with E-state index in [1.165, 1.54) is 5.39 Å². The van der Waals surface area contributed by atoms with Gasteiger partial charge >= 0.3 is 0 Å². The van der Waals surface area contributed by atoms with Gasteiger partial charge in [-0.25, -0.2) is 0 Å². The molecule has 0 fully saturated rings. The minimum atomic E-state index is 0.400. The average Bonchev–Trinajstić information content (AvgIpc) is 2.78. The van der Waals surface area contributed by atoms with Crippen molar-refractivity contribution in [2.75, 3.05) is 12.4 Å². The van der Waals surface area contributed by atoms with Crippen molar-refractivity contribution in [2.24, 2.45) is 0 Å². The fourth-order valence-corrected chi connectivity index (χ4v) is 3.96. The van der Waals surface area contributed by atoms with E-state index in [9.17, 15) is 0 Å². The smallest absolute Gasteiger partial charge is 0.180 e. The second-order valence-electron chi connectivity index (χ2n) is 7.35. The van der Waals surface area contributed by atoms with Crippen LogP contribution >= 0.6 is 23.2 Å². The summed E-state index contributed by atoms with van der Waals surface area (Å²) in [5, 5.41) is 6.96. The number of nitrogens with one attached hydrogen (secondary N) is 1. The molecule has 0 saturated heterocycles. The number of benzene rings is 4. The highest BCUT2D eigenvalue weighted by Crippen LogP contribution is 2.37. The summed E-state index contributed by atoms with van der Waals surface area (Å²) in [6.07, 6.45) is 0. The molecule has 0 spiro atoms. The Kier molecular flexibility index (Phi) is 6.55. The highest BCUT2D eigenvalue weighted by atomic mass is 35.5. The zero-order valence-electron chi connectivity index (χ0n) is 17.4. The molecule has 0 bridgehead atoms. The standard InChI is InChI=1S/C26H23Cl2NO2/c1-17-10-11-21(14-23(17)27)29-15-18-12-24(28)26(25(13-18)30-2)31-16-20-8-5-7-19-6-3-4-9-22(19)20/h3-14,29H,15-16H2,1-2H3. The van der Waals surface area contributed by atoms with Crippen LogP contribution in [-0.4, -0.2) is 7.11 Å². The van der Waals surface area contributed by atoms with Crippen LogP contribution in [0.3, 0.4) is 0 Å². The first kappa shape index (κ1) is 21.4. The van der Waals surface area contributed by atoms with E-state index in [0.717, 1.165) is 32.8 Å². The lowest BCUT2D eigenvalue weighted by Gasteiger charge is -2.16. The summed E-state index contributed by atoms with van der Waals surface area (Å²) in [7, 11) is 1.62. The molecule has 0 radical (unpaired) electrons. The molecule has 0 amide bonds. The zero-order valence-corrected chi connectivity index (χ0v) is 18.9. The number of anilines is 1. The fraction of sp³-hybridized carbons (Fsp3) is 0.154. The fourth-order valence-electron chi connectivity index (χ4n) is 3.49. The van der Waals surface area contributed by atoms with Crippen molar-refractivity contribution in [1.82, 2.24) is 0 Å². The van der Waals surface area contributed by atoms with Gasteiger partial charge in [-0.05, 0) is 58.7 Å². The minimum absolute atomic E-state index is 0.400. The molecule has 4 aromatic rings. The maximum absolute atomic E-state index is 6.57. The lowest BCUT2D eigenvalue weighted by molar-refractivity contribution is 0.285. The van der Waals surface area contributed by atoms with Crippen molar-refractivity contribution < 1.29 is 9.47 Å². The van der Waals surface area contributed by atoms with Gasteiger partial charge in [0.05, 0.1) is 12.1 Å². The Labute approximate surface area is 192 Å². The van der Waals surface area contributed by atoms with E-state index < -0.39 is 0 Å². The number of ether oxygens (including phenoxy) is 2. The topological polar surface area (TPSA) is 30.5 Å². The Hall–Kier alpha value is -2.88. The molecule has 4 rings (SSSR count). The molecule has 0 aliphatic heterocycles. The molecule has 0 aliphatic carbocycles. The first-order valence-electron chi connectivity index (χ1n) is 10.0. The first-order valence-corrected chi connectivity index (χ1v) is 10.8. The number of methoxy groups -OCH3 is 1. The lowest BCUT2D eigenvalue weighted by Crippen LogP contribution is -2.03. The van der Waals surface area contributed by atoms with Crippen LogP contribution in [0.2, 0.25) is 10.0 Å². The van der Waals surface area contributed by atoms with Crippen LogP contribution in [0.1, 0.15) is 16.7 Å². The monoisotopic (exact) mass is 451 g/mol. The third-order valence-corrected chi connectivity index (χ3v) is 5.90. The van der Waals surface area contributed by atoms with E-state index in [1.807, 2.05) is 55.5 Å². The van der Waals surface area contributed by atoms with Crippen LogP contribution < -0.4 is 14.8 Å². The SMILES string of the molecule is COc1cc(CNc2ccc(C)c(Cl)c2)cc(Cl)c1OCc1cccc2ccccc12. The second-order valence-corrected chi connectivity index (χ2v) is 8.17. The van der Waals surface area contributed by atoms with E-state index in [4.69, 9.17) is 32.7 Å². The van der Waals surface area contributed by atoms with Gasteiger partial charge in [0.2, 0.25) is 0 Å². The molecule has 0 atom stereocenters. The molecular formula is C26H23Cl2NO2. The van der Waals surface area contributed by atoms with Crippen molar-refractivity contribution in [1.29, 1.82) is 0 Å². The molecule has 1 N–H and O–H groups in total. The Balaban J connectivity index is 1.51. The Morgan fingerprint density at radius 1 is 0.871 bits per heavy atom. The predicted molar refractivity (Wildman–Crippen MR) is 130 cm³/mol. The van der Waals surface area contributed by atoms with Gasteiger partial charge in [-0.15, -0.1) is 0 Å². The number of rotatable bonds is 7. The van der Waals surface area contributed by atoms with Gasteiger partial charge in [0.25, 0.3) is 0 Å². The van der Waals surface area contributed by atoms with Crippen LogP contribution in [-0.2, 0) is 13.2 Å². The quantitative estimate of drug-likeness (QED) is 0.312. The van der Waals surface area contributed by atoms with E-state index >= 15 is 0 Å². The highest BCUT2D eigenvalue weighted by molar-refractivity contribution is 6.32. The minimum Gasteiger partial charge on any atom is -0.493 e. The van der Waals surface area contributed by atoms with E-state index in [0.29, 0.717) is 29.7 Å². The number of halogens is 2. The van der Waals surface area contributed by atoms with Crippen LogP contribution in [0.5, 0.6) is 11.5 Å². The first-order chi connectivity index (χ1) is 15.0. The summed E-state index contributed by atoms with van der Waals surface area (Å²) < 4.78 is 11.7. The van der Waals surface area contributed by atoms with Crippen molar-refractivity contribution in [3.8, 4) is 11.5 Å². The number of fused-ring (bicyclic) bond motifs is 1. The normalized spacial score (nSPS) is 10.8. The summed E-state index contributed by atoms with van der Waals surface area (Å²) >= 11 is 12.8. The summed E-state index contributed by atoms with van der Waals surface area (Å²) in [5.41, 5.74) is 4.07. The maximum atomic E-state index is 6.57. The largest absolute Gasteiger partial charge is 0.493 e. The third kappa shape index (κ3) is 4.90. The Morgan fingerprint density at radius 3 is 2.48 bits per heavy atom. The zero-order chi connectivity index (χ0) is 21.8. The lowest BCUT2D eigenvalue weighted by atomic mass is 10.1. The van der Waals surface area contributed by atoms with Crippen LogP contribution in [0.15, 0.2) is 72.8 Å².